The fourth-order valence-corrected chi connectivity index (χ4v) is 3.02. The van der Waals surface area contributed by atoms with E-state index in [0.29, 0.717) is 5.69 Å². The molecule has 3 rings (SSSR count). The number of halogens is 1. The second-order valence-electron chi connectivity index (χ2n) is 5.78. The lowest BCUT2D eigenvalue weighted by Crippen LogP contribution is -2.47. The number of hydrogen-bond donors (Lipinski definition) is 1. The van der Waals surface area contributed by atoms with Gasteiger partial charge >= 0.3 is 0 Å². The molecule has 1 aliphatic rings. The number of rotatable bonds is 3. The fourth-order valence-electron chi connectivity index (χ4n) is 2.83. The first-order valence-corrected chi connectivity index (χ1v) is 7.97. The fraction of sp³-hybridized carbons (Fsp3) is 0.375. The molecule has 0 amide bonds. The minimum atomic E-state index is 0.633. The summed E-state index contributed by atoms with van der Waals surface area (Å²) in [6.07, 6.45) is 1.57. The standard InChI is InChI=1S/C16H21ClN6/c1-21(2)15-14(18)16(20-11-19-15)23-8-6-22(7-9-23)13-5-3-4-12(17)10-13/h3-5,10-11H,6-9,18H2,1-2H3. The molecule has 2 heterocycles. The number of nitrogens with zero attached hydrogens (tertiary/aromatic N) is 5. The Hall–Kier alpha value is -2.21. The molecule has 0 radical (unpaired) electrons. The van der Waals surface area contributed by atoms with Crippen molar-refractivity contribution in [2.24, 2.45) is 0 Å². The molecule has 1 aliphatic heterocycles. The van der Waals surface area contributed by atoms with E-state index in [1.165, 1.54) is 0 Å². The Balaban J connectivity index is 1.73. The molecule has 1 fully saturated rings. The number of piperazine rings is 1. The van der Waals surface area contributed by atoms with Gasteiger partial charge in [0.15, 0.2) is 11.6 Å². The molecular weight excluding hydrogens is 312 g/mol. The van der Waals surface area contributed by atoms with Gasteiger partial charge in [-0.25, -0.2) is 9.97 Å². The normalized spacial score (nSPS) is 14.9. The van der Waals surface area contributed by atoms with E-state index in [9.17, 15) is 0 Å². The highest BCUT2D eigenvalue weighted by atomic mass is 35.5. The van der Waals surface area contributed by atoms with Crippen molar-refractivity contribution >= 4 is 34.6 Å². The van der Waals surface area contributed by atoms with Crippen LogP contribution in [0.3, 0.4) is 0 Å². The van der Waals surface area contributed by atoms with Crippen LogP contribution in [0.15, 0.2) is 30.6 Å². The van der Waals surface area contributed by atoms with E-state index in [1.807, 2.05) is 37.2 Å². The van der Waals surface area contributed by atoms with E-state index in [-0.39, 0.29) is 0 Å². The number of aromatic nitrogens is 2. The maximum absolute atomic E-state index is 6.24. The van der Waals surface area contributed by atoms with E-state index < -0.39 is 0 Å². The molecule has 1 saturated heterocycles. The second kappa shape index (κ2) is 6.50. The number of benzene rings is 1. The Morgan fingerprint density at radius 3 is 2.43 bits per heavy atom. The van der Waals surface area contributed by atoms with Crippen molar-refractivity contribution in [1.29, 1.82) is 0 Å². The molecule has 0 saturated carbocycles. The quantitative estimate of drug-likeness (QED) is 0.929. The molecule has 1 aromatic heterocycles. The van der Waals surface area contributed by atoms with Crippen LogP contribution in [-0.4, -0.2) is 50.2 Å². The molecule has 2 N–H and O–H groups in total. The van der Waals surface area contributed by atoms with Crippen molar-refractivity contribution in [1.82, 2.24) is 9.97 Å². The Morgan fingerprint density at radius 1 is 1.09 bits per heavy atom. The first-order chi connectivity index (χ1) is 11.1. The first kappa shape index (κ1) is 15.7. The topological polar surface area (TPSA) is 61.5 Å². The summed E-state index contributed by atoms with van der Waals surface area (Å²) in [6.45, 7) is 3.53. The van der Waals surface area contributed by atoms with Crippen molar-refractivity contribution in [2.45, 2.75) is 0 Å². The Labute approximate surface area is 141 Å². The largest absolute Gasteiger partial charge is 0.393 e. The van der Waals surface area contributed by atoms with Crippen molar-refractivity contribution in [3.8, 4) is 0 Å². The number of nitrogen functional groups attached to an aromatic ring is 1. The van der Waals surface area contributed by atoms with Crippen LogP contribution in [0.25, 0.3) is 0 Å². The van der Waals surface area contributed by atoms with Crippen LogP contribution in [0.4, 0.5) is 23.0 Å². The van der Waals surface area contributed by atoms with Crippen LogP contribution in [0, 0.1) is 0 Å². The van der Waals surface area contributed by atoms with Crippen LogP contribution < -0.4 is 20.4 Å². The lowest BCUT2D eigenvalue weighted by molar-refractivity contribution is 0.647. The van der Waals surface area contributed by atoms with E-state index in [2.05, 4.69) is 25.8 Å². The lowest BCUT2D eigenvalue weighted by Gasteiger charge is -2.37. The molecule has 1 aromatic carbocycles. The number of anilines is 4. The summed E-state index contributed by atoms with van der Waals surface area (Å²) in [5.74, 6) is 1.57. The second-order valence-corrected chi connectivity index (χ2v) is 6.22. The summed E-state index contributed by atoms with van der Waals surface area (Å²) in [6, 6.07) is 7.96. The van der Waals surface area contributed by atoms with Crippen molar-refractivity contribution < 1.29 is 0 Å². The van der Waals surface area contributed by atoms with Crippen molar-refractivity contribution in [3.05, 3.63) is 35.6 Å². The molecule has 6 nitrogen and oxygen atoms in total. The third-order valence-electron chi connectivity index (χ3n) is 4.02. The maximum Gasteiger partial charge on any atom is 0.157 e. The monoisotopic (exact) mass is 332 g/mol. The van der Waals surface area contributed by atoms with Gasteiger partial charge in [0.2, 0.25) is 0 Å². The van der Waals surface area contributed by atoms with E-state index in [1.54, 1.807) is 6.33 Å². The van der Waals surface area contributed by atoms with Gasteiger partial charge < -0.3 is 20.4 Å². The average Bonchev–Trinajstić information content (AvgIpc) is 2.55. The van der Waals surface area contributed by atoms with Gasteiger partial charge in [0.1, 0.15) is 12.0 Å². The minimum absolute atomic E-state index is 0.633. The Bertz CT molecular complexity index is 682. The van der Waals surface area contributed by atoms with E-state index >= 15 is 0 Å². The van der Waals surface area contributed by atoms with Gasteiger partial charge in [-0.15, -0.1) is 0 Å². The van der Waals surface area contributed by atoms with Crippen LogP contribution in [0.2, 0.25) is 5.02 Å². The van der Waals surface area contributed by atoms with Gasteiger partial charge in [0.25, 0.3) is 0 Å². The van der Waals surface area contributed by atoms with Gasteiger partial charge in [-0.3, -0.25) is 0 Å². The van der Waals surface area contributed by atoms with E-state index in [0.717, 1.165) is 48.5 Å². The molecule has 0 unspecified atom stereocenters. The summed E-state index contributed by atoms with van der Waals surface area (Å²) >= 11 is 6.08. The van der Waals surface area contributed by atoms with E-state index in [4.69, 9.17) is 17.3 Å². The van der Waals surface area contributed by atoms with Gasteiger partial charge in [0, 0.05) is 51.0 Å². The third-order valence-corrected chi connectivity index (χ3v) is 4.25. The molecule has 122 valence electrons. The highest BCUT2D eigenvalue weighted by molar-refractivity contribution is 6.30. The maximum atomic E-state index is 6.24. The summed E-state index contributed by atoms with van der Waals surface area (Å²) < 4.78 is 0. The summed E-state index contributed by atoms with van der Waals surface area (Å²) in [5, 5.41) is 0.764. The summed E-state index contributed by atoms with van der Waals surface area (Å²) in [5.41, 5.74) is 8.03. The lowest BCUT2D eigenvalue weighted by atomic mass is 10.2. The van der Waals surface area contributed by atoms with Gasteiger partial charge in [-0.2, -0.15) is 0 Å². The predicted octanol–water partition coefficient (Wildman–Crippen LogP) is 2.10. The van der Waals surface area contributed by atoms with Crippen molar-refractivity contribution in [2.75, 3.05) is 60.7 Å². The Kier molecular flexibility index (Phi) is 4.43. The zero-order valence-corrected chi connectivity index (χ0v) is 14.2. The zero-order valence-electron chi connectivity index (χ0n) is 13.4. The molecule has 0 spiro atoms. The van der Waals surface area contributed by atoms with Crippen LogP contribution in [-0.2, 0) is 0 Å². The van der Waals surface area contributed by atoms with Gasteiger partial charge in [-0.1, -0.05) is 17.7 Å². The smallest absolute Gasteiger partial charge is 0.157 e. The minimum Gasteiger partial charge on any atom is -0.393 e. The zero-order chi connectivity index (χ0) is 16.4. The third kappa shape index (κ3) is 3.27. The SMILES string of the molecule is CN(C)c1ncnc(N2CCN(c3cccc(Cl)c3)CC2)c1N. The highest BCUT2D eigenvalue weighted by Crippen LogP contribution is 2.29. The van der Waals surface area contributed by atoms with Crippen LogP contribution in [0.5, 0.6) is 0 Å². The number of hydrogen-bond acceptors (Lipinski definition) is 6. The van der Waals surface area contributed by atoms with Gasteiger partial charge in [0.05, 0.1) is 0 Å². The molecule has 0 atom stereocenters. The van der Waals surface area contributed by atoms with Crippen LogP contribution in [0.1, 0.15) is 0 Å². The summed E-state index contributed by atoms with van der Waals surface area (Å²) in [4.78, 5) is 15.1. The molecule has 0 aliphatic carbocycles. The first-order valence-electron chi connectivity index (χ1n) is 7.59. The van der Waals surface area contributed by atoms with Crippen molar-refractivity contribution in [3.63, 3.8) is 0 Å². The highest BCUT2D eigenvalue weighted by Gasteiger charge is 2.22. The number of nitrogens with two attached hydrogens (primary N) is 1. The molecule has 2 aromatic rings. The molecule has 23 heavy (non-hydrogen) atoms. The van der Waals surface area contributed by atoms with Crippen LogP contribution >= 0.6 is 11.6 Å². The molecule has 0 bridgehead atoms. The Morgan fingerprint density at radius 2 is 1.78 bits per heavy atom. The predicted molar refractivity (Wildman–Crippen MR) is 96.6 cm³/mol. The molecular formula is C16H21ClN6. The summed E-state index contributed by atoms with van der Waals surface area (Å²) in [7, 11) is 3.86. The molecule has 7 heteroatoms. The van der Waals surface area contributed by atoms with Gasteiger partial charge in [-0.05, 0) is 18.2 Å². The average molecular weight is 333 g/mol.